The van der Waals surface area contributed by atoms with Crippen molar-refractivity contribution < 1.29 is 18.0 Å². The Morgan fingerprint density at radius 1 is 1.12 bits per heavy atom. The van der Waals surface area contributed by atoms with E-state index in [4.69, 9.17) is 0 Å². The molecule has 1 unspecified atom stereocenters. The molecule has 1 N–H and O–H groups in total. The predicted molar refractivity (Wildman–Crippen MR) is 136 cm³/mol. The van der Waals surface area contributed by atoms with Crippen LogP contribution in [0.2, 0.25) is 0 Å². The molecule has 0 aliphatic heterocycles. The molecule has 0 radical (unpaired) electrons. The molecule has 0 saturated heterocycles. The van der Waals surface area contributed by atoms with Crippen LogP contribution in [0.5, 0.6) is 0 Å². The van der Waals surface area contributed by atoms with Crippen LogP contribution in [0.3, 0.4) is 0 Å². The first-order valence-electron chi connectivity index (χ1n) is 10.4. The summed E-state index contributed by atoms with van der Waals surface area (Å²) >= 11 is 2.13. The summed E-state index contributed by atoms with van der Waals surface area (Å²) in [6.07, 6.45) is 1.85. The van der Waals surface area contributed by atoms with Gasteiger partial charge >= 0.3 is 0 Å². The molecule has 2 rings (SSSR count). The van der Waals surface area contributed by atoms with Crippen molar-refractivity contribution in [2.75, 3.05) is 23.7 Å². The maximum absolute atomic E-state index is 13.4. The molecule has 2 amide bonds. The van der Waals surface area contributed by atoms with Crippen LogP contribution < -0.4 is 9.62 Å². The highest BCUT2D eigenvalue weighted by atomic mass is 127. The molecular weight excluding hydrogens is 541 g/mol. The zero-order valence-corrected chi connectivity index (χ0v) is 21.8. The van der Waals surface area contributed by atoms with Crippen molar-refractivity contribution in [3.8, 4) is 0 Å². The molecule has 0 fully saturated rings. The number of aryl methyl sites for hydroxylation is 1. The third-order valence-corrected chi connectivity index (χ3v) is 6.81. The summed E-state index contributed by atoms with van der Waals surface area (Å²) in [4.78, 5) is 27.5. The fraction of sp³-hybridized carbons (Fsp3) is 0.391. The van der Waals surface area contributed by atoms with E-state index < -0.39 is 28.5 Å². The van der Waals surface area contributed by atoms with Gasteiger partial charge in [0.15, 0.2) is 0 Å². The fourth-order valence-electron chi connectivity index (χ4n) is 3.21. The van der Waals surface area contributed by atoms with Crippen LogP contribution >= 0.6 is 22.6 Å². The van der Waals surface area contributed by atoms with Crippen LogP contribution in [0, 0.1) is 10.5 Å². The molecule has 1 atom stereocenters. The minimum Gasteiger partial charge on any atom is -0.354 e. The van der Waals surface area contributed by atoms with Crippen molar-refractivity contribution in [2.45, 2.75) is 39.8 Å². The van der Waals surface area contributed by atoms with Crippen LogP contribution in [-0.4, -0.2) is 50.5 Å². The molecule has 0 aliphatic carbocycles. The quantitative estimate of drug-likeness (QED) is 0.444. The smallest absolute Gasteiger partial charge is 0.244 e. The van der Waals surface area contributed by atoms with Gasteiger partial charge in [0.25, 0.3) is 0 Å². The highest BCUT2D eigenvalue weighted by Gasteiger charge is 2.29. The number of carbonyl (C=O) groups is 2. The standard InChI is InChI=1S/C23H30IN3O4S/c1-5-13-25-23(29)18(3)26(15-19-8-6-7-17(2)14-19)22(28)16-27(32(4,30)31)21-11-9-20(24)10-12-21/h6-12,14,18H,5,13,15-16H2,1-4H3,(H,25,29). The van der Waals surface area contributed by atoms with Crippen LogP contribution in [0.4, 0.5) is 5.69 Å². The second-order valence-corrected chi connectivity index (χ2v) is 10.9. The van der Waals surface area contributed by atoms with Crippen molar-refractivity contribution in [1.82, 2.24) is 10.2 Å². The monoisotopic (exact) mass is 571 g/mol. The largest absolute Gasteiger partial charge is 0.354 e. The zero-order chi connectivity index (χ0) is 23.9. The van der Waals surface area contributed by atoms with Gasteiger partial charge in [-0.05, 0) is 72.7 Å². The van der Waals surface area contributed by atoms with Crippen molar-refractivity contribution in [2.24, 2.45) is 0 Å². The molecule has 0 aliphatic rings. The Labute approximate surface area is 204 Å². The van der Waals surface area contributed by atoms with Gasteiger partial charge < -0.3 is 10.2 Å². The average Bonchev–Trinajstić information content (AvgIpc) is 2.73. The number of benzene rings is 2. The van der Waals surface area contributed by atoms with E-state index in [0.717, 1.165) is 31.7 Å². The lowest BCUT2D eigenvalue weighted by atomic mass is 10.1. The van der Waals surface area contributed by atoms with E-state index in [1.807, 2.05) is 38.1 Å². The lowest BCUT2D eigenvalue weighted by Gasteiger charge is -2.31. The molecule has 0 bridgehead atoms. The third kappa shape index (κ3) is 7.47. The molecule has 0 spiro atoms. The van der Waals surface area contributed by atoms with Gasteiger partial charge in [-0.25, -0.2) is 8.42 Å². The van der Waals surface area contributed by atoms with Gasteiger partial charge in [-0.1, -0.05) is 36.8 Å². The Morgan fingerprint density at radius 3 is 2.34 bits per heavy atom. The summed E-state index contributed by atoms with van der Waals surface area (Å²) in [5.41, 5.74) is 2.31. The number of carbonyl (C=O) groups excluding carboxylic acids is 2. The number of hydrogen-bond acceptors (Lipinski definition) is 4. The molecule has 2 aromatic rings. The fourth-order valence-corrected chi connectivity index (χ4v) is 4.42. The molecule has 0 aromatic heterocycles. The van der Waals surface area contributed by atoms with Crippen molar-refractivity contribution in [3.05, 3.63) is 63.2 Å². The first-order chi connectivity index (χ1) is 15.0. The predicted octanol–water partition coefficient (Wildman–Crippen LogP) is 3.31. The van der Waals surface area contributed by atoms with Gasteiger partial charge in [0.2, 0.25) is 21.8 Å². The van der Waals surface area contributed by atoms with Crippen molar-refractivity contribution in [3.63, 3.8) is 0 Å². The Morgan fingerprint density at radius 2 is 1.78 bits per heavy atom. The van der Waals surface area contributed by atoms with Crippen LogP contribution in [0.25, 0.3) is 0 Å². The number of anilines is 1. The van der Waals surface area contributed by atoms with Gasteiger partial charge in [-0.2, -0.15) is 0 Å². The topological polar surface area (TPSA) is 86.8 Å². The van der Waals surface area contributed by atoms with Crippen molar-refractivity contribution >= 4 is 50.1 Å². The Bertz CT molecular complexity index is 1040. The van der Waals surface area contributed by atoms with E-state index in [1.54, 1.807) is 31.2 Å². The molecule has 2 aromatic carbocycles. The lowest BCUT2D eigenvalue weighted by molar-refractivity contribution is -0.139. The summed E-state index contributed by atoms with van der Waals surface area (Å²) in [5, 5.41) is 2.82. The van der Waals surface area contributed by atoms with E-state index >= 15 is 0 Å². The number of halogens is 1. The molecule has 0 saturated carbocycles. The first kappa shape index (κ1) is 26.1. The van der Waals surface area contributed by atoms with Gasteiger partial charge in [0.1, 0.15) is 12.6 Å². The summed E-state index contributed by atoms with van der Waals surface area (Å²) < 4.78 is 27.0. The maximum atomic E-state index is 13.4. The molecular formula is C23H30IN3O4S. The second-order valence-electron chi connectivity index (χ2n) is 7.72. The van der Waals surface area contributed by atoms with E-state index in [9.17, 15) is 18.0 Å². The molecule has 9 heteroatoms. The number of rotatable bonds is 10. The highest BCUT2D eigenvalue weighted by Crippen LogP contribution is 2.20. The van der Waals surface area contributed by atoms with E-state index in [-0.39, 0.29) is 12.5 Å². The summed E-state index contributed by atoms with van der Waals surface area (Å²) in [7, 11) is -3.72. The normalized spacial score (nSPS) is 12.2. The molecule has 32 heavy (non-hydrogen) atoms. The molecule has 7 nitrogen and oxygen atoms in total. The number of hydrogen-bond donors (Lipinski definition) is 1. The average molecular weight is 571 g/mol. The Kier molecular flexibility index (Phi) is 9.50. The number of nitrogens with zero attached hydrogens (tertiary/aromatic N) is 2. The minimum atomic E-state index is -3.72. The number of nitrogens with one attached hydrogen (secondary N) is 1. The van der Waals surface area contributed by atoms with Gasteiger partial charge in [-0.3, -0.25) is 13.9 Å². The lowest BCUT2D eigenvalue weighted by Crippen LogP contribution is -2.51. The summed E-state index contributed by atoms with van der Waals surface area (Å²) in [6, 6.07) is 13.8. The maximum Gasteiger partial charge on any atom is 0.244 e. The van der Waals surface area contributed by atoms with Crippen LogP contribution in [0.1, 0.15) is 31.4 Å². The molecule has 0 heterocycles. The first-order valence-corrected chi connectivity index (χ1v) is 13.3. The molecule has 174 valence electrons. The summed E-state index contributed by atoms with van der Waals surface area (Å²) in [6.45, 7) is 5.88. The minimum absolute atomic E-state index is 0.200. The summed E-state index contributed by atoms with van der Waals surface area (Å²) in [5.74, 6) is -0.720. The SMILES string of the molecule is CCCNC(=O)C(C)N(Cc1cccc(C)c1)C(=O)CN(c1ccc(I)cc1)S(C)(=O)=O. The van der Waals surface area contributed by atoms with E-state index in [2.05, 4.69) is 27.9 Å². The Hall–Kier alpha value is -2.14. The van der Waals surface area contributed by atoms with Crippen LogP contribution in [-0.2, 0) is 26.2 Å². The van der Waals surface area contributed by atoms with E-state index in [1.165, 1.54) is 4.90 Å². The Balaban J connectivity index is 2.35. The second kappa shape index (κ2) is 11.6. The number of sulfonamides is 1. The third-order valence-electron chi connectivity index (χ3n) is 4.95. The van der Waals surface area contributed by atoms with Gasteiger partial charge in [0, 0.05) is 16.7 Å². The van der Waals surface area contributed by atoms with Gasteiger partial charge in [-0.15, -0.1) is 0 Å². The van der Waals surface area contributed by atoms with Gasteiger partial charge in [0.05, 0.1) is 11.9 Å². The van der Waals surface area contributed by atoms with Crippen molar-refractivity contribution in [1.29, 1.82) is 0 Å². The highest BCUT2D eigenvalue weighted by molar-refractivity contribution is 14.1. The number of amides is 2. The zero-order valence-electron chi connectivity index (χ0n) is 18.8. The van der Waals surface area contributed by atoms with Crippen LogP contribution in [0.15, 0.2) is 48.5 Å². The van der Waals surface area contributed by atoms with E-state index in [0.29, 0.717) is 12.2 Å².